The monoisotopic (exact) mass is 642 g/mol. The zero-order valence-electron chi connectivity index (χ0n) is 25.6. The molecular formula is C32H36F6N2O5. The molecule has 45 heavy (non-hydrogen) atoms. The Morgan fingerprint density at radius 2 is 1.91 bits per heavy atom. The largest absolute Gasteiger partial charge is 0.493 e. The van der Waals surface area contributed by atoms with E-state index in [2.05, 4.69) is 11.6 Å². The molecule has 1 amide bonds. The Kier molecular flexibility index (Phi) is 11.0. The number of nitrogens with zero attached hydrogens (tertiary/aromatic N) is 1. The van der Waals surface area contributed by atoms with Crippen LogP contribution in [0.1, 0.15) is 61.4 Å². The van der Waals surface area contributed by atoms with E-state index in [4.69, 9.17) is 19.3 Å². The van der Waals surface area contributed by atoms with Gasteiger partial charge in [-0.2, -0.15) is 13.2 Å². The van der Waals surface area contributed by atoms with Gasteiger partial charge in [-0.25, -0.2) is 18.2 Å². The summed E-state index contributed by atoms with van der Waals surface area (Å²) in [5, 5.41) is 11.0. The molecule has 3 rings (SSSR count). The van der Waals surface area contributed by atoms with Crippen LogP contribution in [0.15, 0.2) is 54.4 Å². The zero-order chi connectivity index (χ0) is 33.7. The number of amides is 1. The Balaban J connectivity index is 2.06. The number of nitrogens with one attached hydrogen (secondary N) is 1. The molecule has 246 valence electrons. The molecule has 1 aromatic carbocycles. The molecule has 0 fully saturated rings. The highest BCUT2D eigenvalue weighted by Crippen LogP contribution is 2.47. The summed E-state index contributed by atoms with van der Waals surface area (Å²) in [6.45, 7) is 7.92. The standard InChI is InChI=1S/C32H36F6N2O5/c1-18(7-9-23(34)19(2)20(3)33)27-28-22(30(4,5)11-13-45-28)16-26(40-27)31(35,32(36,37)38)17-39-29(42)21-8-10-24(44-14-12-41)25(15-21)43-6/h7-10,15-16,20,41H,1,11-14,17H2,2-6H3,(H,39,42)/b9-7-,23-19-. The van der Waals surface area contributed by atoms with Crippen molar-refractivity contribution in [3.05, 3.63) is 76.9 Å². The number of methoxy groups -OCH3 is 1. The minimum absolute atomic E-state index is 0.0637. The predicted molar refractivity (Wildman–Crippen MR) is 157 cm³/mol. The summed E-state index contributed by atoms with van der Waals surface area (Å²) in [6.07, 6.45) is -4.76. The van der Waals surface area contributed by atoms with Crippen molar-refractivity contribution >= 4 is 11.5 Å². The van der Waals surface area contributed by atoms with E-state index in [1.54, 1.807) is 13.8 Å². The average molecular weight is 643 g/mol. The molecular weight excluding hydrogens is 606 g/mol. The number of alkyl halides is 5. The fourth-order valence-electron chi connectivity index (χ4n) is 4.44. The van der Waals surface area contributed by atoms with Crippen molar-refractivity contribution in [2.45, 2.75) is 57.5 Å². The summed E-state index contributed by atoms with van der Waals surface area (Å²) in [5.74, 6) is -1.65. The molecule has 2 N–H and O–H groups in total. The van der Waals surface area contributed by atoms with Crippen LogP contribution >= 0.6 is 0 Å². The minimum Gasteiger partial charge on any atom is -0.493 e. The Morgan fingerprint density at radius 1 is 1.22 bits per heavy atom. The molecule has 2 aromatic rings. The number of halogens is 6. The molecule has 0 saturated heterocycles. The molecule has 2 atom stereocenters. The number of allylic oxidation sites excluding steroid dienone is 5. The van der Waals surface area contributed by atoms with Crippen LogP contribution in [-0.2, 0) is 11.1 Å². The van der Waals surface area contributed by atoms with E-state index in [0.29, 0.717) is 6.42 Å². The molecule has 7 nitrogen and oxygen atoms in total. The van der Waals surface area contributed by atoms with Crippen molar-refractivity contribution in [2.24, 2.45) is 0 Å². The van der Waals surface area contributed by atoms with Crippen LogP contribution in [0.5, 0.6) is 17.2 Å². The fraction of sp³-hybridized carbons (Fsp3) is 0.438. The number of benzene rings is 1. The van der Waals surface area contributed by atoms with Crippen LogP contribution in [0.25, 0.3) is 5.57 Å². The number of aliphatic hydroxyl groups is 1. The summed E-state index contributed by atoms with van der Waals surface area (Å²) in [6, 6.07) is 4.71. The van der Waals surface area contributed by atoms with Gasteiger partial charge in [0, 0.05) is 11.1 Å². The molecule has 1 aliphatic heterocycles. The van der Waals surface area contributed by atoms with Crippen LogP contribution in [0.4, 0.5) is 26.3 Å². The molecule has 2 unspecified atom stereocenters. The van der Waals surface area contributed by atoms with Gasteiger partial charge in [0.25, 0.3) is 11.6 Å². The Labute approximate surface area is 257 Å². The number of aliphatic hydroxyl groups excluding tert-OH is 1. The molecule has 13 heteroatoms. The van der Waals surface area contributed by atoms with E-state index >= 15 is 4.39 Å². The lowest BCUT2D eigenvalue weighted by atomic mass is 9.78. The third-order valence-corrected chi connectivity index (χ3v) is 7.51. The van der Waals surface area contributed by atoms with Gasteiger partial charge in [0.1, 0.15) is 30.0 Å². The number of fused-ring (bicyclic) bond motifs is 1. The smallest absolute Gasteiger partial charge is 0.430 e. The van der Waals surface area contributed by atoms with Gasteiger partial charge >= 0.3 is 6.18 Å². The van der Waals surface area contributed by atoms with Gasteiger partial charge in [-0.05, 0) is 67.2 Å². The van der Waals surface area contributed by atoms with Crippen LogP contribution in [-0.4, -0.2) is 61.8 Å². The van der Waals surface area contributed by atoms with Crippen LogP contribution < -0.4 is 19.5 Å². The summed E-state index contributed by atoms with van der Waals surface area (Å²) in [7, 11) is 1.28. The molecule has 0 saturated carbocycles. The second-order valence-corrected chi connectivity index (χ2v) is 11.1. The summed E-state index contributed by atoms with van der Waals surface area (Å²) in [5.41, 5.74) is -6.52. The van der Waals surface area contributed by atoms with E-state index < -0.39 is 47.4 Å². The molecule has 1 aromatic heterocycles. The maximum Gasteiger partial charge on any atom is 0.430 e. The third kappa shape index (κ3) is 7.81. The number of pyridine rings is 1. The molecule has 1 aliphatic rings. The van der Waals surface area contributed by atoms with Gasteiger partial charge in [-0.1, -0.05) is 26.5 Å². The van der Waals surface area contributed by atoms with E-state index in [9.17, 15) is 26.7 Å². The first-order valence-corrected chi connectivity index (χ1v) is 14.0. The molecule has 0 spiro atoms. The first kappa shape index (κ1) is 35.5. The lowest BCUT2D eigenvalue weighted by Gasteiger charge is -2.36. The lowest BCUT2D eigenvalue weighted by Crippen LogP contribution is -2.48. The highest BCUT2D eigenvalue weighted by atomic mass is 19.4. The number of aromatic nitrogens is 1. The van der Waals surface area contributed by atoms with Gasteiger partial charge in [-0.3, -0.25) is 4.79 Å². The van der Waals surface area contributed by atoms with Gasteiger partial charge in [0.2, 0.25) is 0 Å². The van der Waals surface area contributed by atoms with E-state index in [1.165, 1.54) is 32.2 Å². The second-order valence-electron chi connectivity index (χ2n) is 11.1. The third-order valence-electron chi connectivity index (χ3n) is 7.51. The Morgan fingerprint density at radius 3 is 2.51 bits per heavy atom. The number of hydrogen-bond donors (Lipinski definition) is 2. The van der Waals surface area contributed by atoms with Gasteiger partial charge in [0.05, 0.1) is 32.6 Å². The first-order valence-electron chi connectivity index (χ1n) is 14.0. The van der Waals surface area contributed by atoms with E-state index in [1.807, 2.05) is 5.32 Å². The van der Waals surface area contributed by atoms with Gasteiger partial charge in [0.15, 0.2) is 11.5 Å². The van der Waals surface area contributed by atoms with Crippen LogP contribution in [0.3, 0.4) is 0 Å². The molecule has 0 radical (unpaired) electrons. The SMILES string of the molecule is C=C(/C=C\C(F)=C(/C)C(C)F)c1nc(C(F)(CNC(=O)c2ccc(OCCO)c(OC)c2)C(F)(F)F)cc2c1OCCC2(C)C. The predicted octanol–water partition coefficient (Wildman–Crippen LogP) is 6.85. The zero-order valence-corrected chi connectivity index (χ0v) is 25.6. The highest BCUT2D eigenvalue weighted by molar-refractivity contribution is 5.95. The maximum atomic E-state index is 16.4. The van der Waals surface area contributed by atoms with Crippen molar-refractivity contribution in [3.8, 4) is 17.2 Å². The lowest BCUT2D eigenvalue weighted by molar-refractivity contribution is -0.234. The van der Waals surface area contributed by atoms with Gasteiger partial charge in [-0.15, -0.1) is 0 Å². The van der Waals surface area contributed by atoms with Crippen molar-refractivity contribution < 1.29 is 50.5 Å². The van der Waals surface area contributed by atoms with Gasteiger partial charge < -0.3 is 24.6 Å². The molecule has 0 bridgehead atoms. The topological polar surface area (TPSA) is 89.9 Å². The number of hydrogen-bond acceptors (Lipinski definition) is 6. The highest BCUT2D eigenvalue weighted by Gasteiger charge is 2.59. The first-order chi connectivity index (χ1) is 21.0. The summed E-state index contributed by atoms with van der Waals surface area (Å²) in [4.78, 5) is 16.9. The molecule has 2 heterocycles. The average Bonchev–Trinajstić information content (AvgIpc) is 2.99. The fourth-order valence-corrected chi connectivity index (χ4v) is 4.44. The van der Waals surface area contributed by atoms with Crippen LogP contribution in [0, 0.1) is 0 Å². The minimum atomic E-state index is -5.54. The maximum absolute atomic E-state index is 16.4. The van der Waals surface area contributed by atoms with Crippen LogP contribution in [0.2, 0.25) is 0 Å². The molecule has 0 aliphatic carbocycles. The van der Waals surface area contributed by atoms with Crippen molar-refractivity contribution in [1.82, 2.24) is 10.3 Å². The normalized spacial score (nSPS) is 17.0. The van der Waals surface area contributed by atoms with E-state index in [0.717, 1.165) is 25.1 Å². The van der Waals surface area contributed by atoms with E-state index in [-0.39, 0.29) is 65.0 Å². The number of rotatable bonds is 12. The number of carbonyl (C=O) groups is 1. The van der Waals surface area contributed by atoms with Crippen molar-refractivity contribution in [2.75, 3.05) is 33.5 Å². The Bertz CT molecular complexity index is 1490. The van der Waals surface area contributed by atoms with Crippen molar-refractivity contribution in [1.29, 1.82) is 0 Å². The summed E-state index contributed by atoms with van der Waals surface area (Å²) < 4.78 is 104. The quantitative estimate of drug-likeness (QED) is 0.195. The number of carbonyl (C=O) groups excluding carboxylic acids is 1. The van der Waals surface area contributed by atoms with Crippen molar-refractivity contribution in [3.63, 3.8) is 0 Å². The number of ether oxygens (including phenoxy) is 3. The second kappa shape index (κ2) is 14.0. The summed E-state index contributed by atoms with van der Waals surface area (Å²) >= 11 is 0. The Hall–Kier alpha value is -4.00.